The third-order valence-corrected chi connectivity index (χ3v) is 12.6. The van der Waals surface area contributed by atoms with Gasteiger partial charge in [0.1, 0.15) is 22.1 Å². The fourth-order valence-electron chi connectivity index (χ4n) is 6.29. The Morgan fingerprint density at radius 3 is 1.33 bits per heavy atom. The molecule has 0 aliphatic carbocycles. The van der Waals surface area contributed by atoms with Crippen molar-refractivity contribution in [2.24, 2.45) is 0 Å². The number of nitrogens with zero attached hydrogens (tertiary/aromatic N) is 6. The fraction of sp³-hybridized carbons (Fsp3) is 0.368. The summed E-state index contributed by atoms with van der Waals surface area (Å²) in [6.45, 7) is 3.40. The molecule has 0 N–H and O–H groups in total. The van der Waals surface area contributed by atoms with Crippen LogP contribution < -0.4 is 8.83 Å². The zero-order valence-electron chi connectivity index (χ0n) is 28.5. The number of hydrogen-bond donors (Lipinski definition) is 0. The van der Waals surface area contributed by atoms with Gasteiger partial charge >= 0.3 is 0 Å². The van der Waals surface area contributed by atoms with E-state index >= 15 is 4.55 Å². The molecule has 2 heterocycles. The minimum atomic E-state index is -1.60. The highest BCUT2D eigenvalue weighted by atomic mass is 32.2. The summed E-state index contributed by atoms with van der Waals surface area (Å²) >= 11 is 2.30. The lowest BCUT2D eigenvalue weighted by Gasteiger charge is -2.39. The van der Waals surface area contributed by atoms with Gasteiger partial charge in [0, 0.05) is 24.2 Å². The maximum atomic E-state index is 15.6. The lowest BCUT2D eigenvalue weighted by molar-refractivity contribution is 0.264. The molecule has 0 spiro atoms. The predicted molar refractivity (Wildman–Crippen MR) is 207 cm³/mol. The first-order valence-electron chi connectivity index (χ1n) is 16.8. The van der Waals surface area contributed by atoms with Gasteiger partial charge in [-0.1, -0.05) is 106 Å². The molecule has 7 nitrogen and oxygen atoms in total. The highest BCUT2D eigenvalue weighted by Crippen LogP contribution is 2.53. The molecule has 0 saturated heterocycles. The van der Waals surface area contributed by atoms with Crippen molar-refractivity contribution in [3.05, 3.63) is 131 Å². The number of rotatable bonds is 16. The molecule has 48 heavy (non-hydrogen) atoms. The smallest absolute Gasteiger partial charge is 0.230 e. The van der Waals surface area contributed by atoms with Gasteiger partial charge in [-0.2, -0.15) is 10.0 Å². The normalized spacial score (nSPS) is 18.6. The van der Waals surface area contributed by atoms with Crippen LogP contribution in [0.15, 0.2) is 109 Å². The van der Waals surface area contributed by atoms with Crippen molar-refractivity contribution in [3.8, 4) is 0 Å². The Hall–Kier alpha value is -2.67. The molecular weight excluding hydrogens is 653 g/mol. The van der Waals surface area contributed by atoms with Gasteiger partial charge in [-0.25, -0.2) is 0 Å². The lowest BCUT2D eigenvalue weighted by Crippen LogP contribution is -2.54. The first kappa shape index (κ1) is 35.2. The number of benzene rings is 4. The SMILES string of the molecule is CN(C)CCCSC1c2ccccc2N([S+]([O-])N2c3ccccc3C(SCCCN(C)C)N2Cc2ccccc2)N1Cc1ccccc1. The first-order valence-corrected chi connectivity index (χ1v) is 19.9. The zero-order valence-corrected chi connectivity index (χ0v) is 31.0. The van der Waals surface area contributed by atoms with Crippen molar-refractivity contribution in [1.29, 1.82) is 0 Å². The quantitative estimate of drug-likeness (QED) is 0.0861. The topological polar surface area (TPSA) is 42.5 Å². The molecule has 0 fully saturated rings. The number of anilines is 2. The van der Waals surface area contributed by atoms with Crippen LogP contribution in [0.2, 0.25) is 0 Å². The molecule has 0 amide bonds. The molecule has 2 unspecified atom stereocenters. The van der Waals surface area contributed by atoms with Crippen LogP contribution >= 0.6 is 23.5 Å². The van der Waals surface area contributed by atoms with Gasteiger partial charge in [-0.3, -0.25) is 0 Å². The van der Waals surface area contributed by atoms with Crippen molar-refractivity contribution in [2.45, 2.75) is 36.7 Å². The Balaban J connectivity index is 1.38. The monoisotopic (exact) mass is 700 g/mol. The minimum Gasteiger partial charge on any atom is -0.566 e. The number of hydrazine groups is 2. The summed E-state index contributed by atoms with van der Waals surface area (Å²) in [4.78, 5) is 4.49. The summed E-state index contributed by atoms with van der Waals surface area (Å²) in [5, 5.41) is 4.78. The maximum absolute atomic E-state index is 15.6. The standard InChI is InChI=1S/C38H48N6OS3/c1-39(2)25-15-27-46-37-33-21-11-13-23-35(33)43(41(37)29-31-17-7-5-8-18-31)48(45)44-36-24-14-12-22-34(36)38(47-28-16-26-40(3)4)42(44)30-32-19-9-6-10-20-32/h5-14,17-24,37-38H,15-16,25-30H2,1-4H3. The molecule has 254 valence electrons. The lowest BCUT2D eigenvalue weighted by atomic mass is 10.2. The van der Waals surface area contributed by atoms with E-state index in [2.05, 4.69) is 166 Å². The summed E-state index contributed by atoms with van der Waals surface area (Å²) in [5.74, 6) is 2.03. The van der Waals surface area contributed by atoms with E-state index in [9.17, 15) is 0 Å². The molecular formula is C38H48N6OS3. The molecule has 0 bridgehead atoms. The summed E-state index contributed by atoms with van der Waals surface area (Å²) in [7, 11) is 8.52. The average molecular weight is 701 g/mol. The van der Waals surface area contributed by atoms with Crippen molar-refractivity contribution < 1.29 is 4.55 Å². The molecule has 4 aromatic rings. The van der Waals surface area contributed by atoms with E-state index in [0.29, 0.717) is 13.1 Å². The van der Waals surface area contributed by atoms with E-state index in [-0.39, 0.29) is 10.7 Å². The van der Waals surface area contributed by atoms with Crippen LogP contribution in [0.5, 0.6) is 0 Å². The molecule has 2 aliphatic heterocycles. The van der Waals surface area contributed by atoms with Crippen LogP contribution in [0.4, 0.5) is 11.4 Å². The van der Waals surface area contributed by atoms with E-state index in [1.807, 2.05) is 23.5 Å². The van der Waals surface area contributed by atoms with Gasteiger partial charge in [0.15, 0.2) is 0 Å². The summed E-state index contributed by atoms with van der Waals surface area (Å²) < 4.78 is 19.7. The van der Waals surface area contributed by atoms with Crippen LogP contribution in [0.1, 0.15) is 45.8 Å². The molecule has 2 atom stereocenters. The fourth-order valence-corrected chi connectivity index (χ4v) is 10.4. The van der Waals surface area contributed by atoms with Gasteiger partial charge in [0.2, 0.25) is 11.5 Å². The predicted octanol–water partition coefficient (Wildman–Crippen LogP) is 7.81. The van der Waals surface area contributed by atoms with E-state index < -0.39 is 11.5 Å². The first-order chi connectivity index (χ1) is 23.4. The molecule has 0 aromatic heterocycles. The maximum Gasteiger partial charge on any atom is 0.230 e. The van der Waals surface area contributed by atoms with Crippen molar-refractivity contribution in [2.75, 3.05) is 61.6 Å². The van der Waals surface area contributed by atoms with Gasteiger partial charge in [0.05, 0.1) is 0 Å². The van der Waals surface area contributed by atoms with E-state index in [0.717, 1.165) is 48.8 Å². The van der Waals surface area contributed by atoms with Crippen molar-refractivity contribution in [3.63, 3.8) is 0 Å². The Morgan fingerprint density at radius 2 is 0.938 bits per heavy atom. The van der Waals surface area contributed by atoms with Gasteiger partial charge < -0.3 is 14.4 Å². The number of para-hydroxylation sites is 2. The van der Waals surface area contributed by atoms with Crippen molar-refractivity contribution in [1.82, 2.24) is 19.8 Å². The summed E-state index contributed by atoms with van der Waals surface area (Å²) in [5.41, 5.74) is 6.85. The van der Waals surface area contributed by atoms with E-state index in [1.165, 1.54) is 22.3 Å². The van der Waals surface area contributed by atoms with Gasteiger partial charge in [-0.05, 0) is 88.9 Å². The van der Waals surface area contributed by atoms with Crippen LogP contribution in [0.3, 0.4) is 0 Å². The Bertz CT molecular complexity index is 1460. The number of fused-ring (bicyclic) bond motifs is 2. The summed E-state index contributed by atoms with van der Waals surface area (Å²) in [6, 6.07) is 38.3. The molecule has 0 radical (unpaired) electrons. The average Bonchev–Trinajstić information content (AvgIpc) is 3.57. The molecule has 10 heteroatoms. The Labute approximate surface area is 299 Å². The number of hydrogen-bond acceptors (Lipinski definition) is 9. The molecule has 4 aromatic carbocycles. The molecule has 2 aliphatic rings. The van der Waals surface area contributed by atoms with E-state index in [4.69, 9.17) is 0 Å². The van der Waals surface area contributed by atoms with Crippen molar-refractivity contribution >= 4 is 46.4 Å². The van der Waals surface area contributed by atoms with Crippen LogP contribution in [-0.2, 0) is 24.6 Å². The molecule has 0 saturated carbocycles. The minimum absolute atomic E-state index is 0.0455. The Kier molecular flexibility index (Phi) is 12.3. The van der Waals surface area contributed by atoms with E-state index in [1.54, 1.807) is 0 Å². The highest BCUT2D eigenvalue weighted by molar-refractivity contribution is 8.00. The van der Waals surface area contributed by atoms with Crippen LogP contribution in [-0.4, -0.2) is 77.2 Å². The third-order valence-electron chi connectivity index (χ3n) is 8.55. The second-order valence-electron chi connectivity index (χ2n) is 12.8. The Morgan fingerprint density at radius 1 is 0.562 bits per heavy atom. The number of thioether (sulfide) groups is 2. The van der Waals surface area contributed by atoms with Gasteiger partial charge in [0.25, 0.3) is 0 Å². The zero-order chi connectivity index (χ0) is 33.5. The van der Waals surface area contributed by atoms with Gasteiger partial charge in [-0.15, -0.1) is 23.5 Å². The highest BCUT2D eigenvalue weighted by Gasteiger charge is 2.51. The largest absolute Gasteiger partial charge is 0.566 e. The molecule has 6 rings (SSSR count). The van der Waals surface area contributed by atoms with Crippen LogP contribution in [0, 0.1) is 0 Å². The van der Waals surface area contributed by atoms with Crippen LogP contribution in [0.25, 0.3) is 0 Å². The second kappa shape index (κ2) is 16.8. The third kappa shape index (κ3) is 8.20. The summed E-state index contributed by atoms with van der Waals surface area (Å²) in [6.07, 6.45) is 2.19. The second-order valence-corrected chi connectivity index (χ2v) is 16.3.